The summed E-state index contributed by atoms with van der Waals surface area (Å²) in [6.45, 7) is 1.00. The average molecular weight is 312 g/mol. The quantitative estimate of drug-likeness (QED) is 0.941. The number of benzene rings is 1. The Kier molecular flexibility index (Phi) is 3.18. The van der Waals surface area contributed by atoms with Crippen molar-refractivity contribution in [2.45, 2.75) is 31.7 Å². The number of fused-ring (bicyclic) bond motifs is 1. The van der Waals surface area contributed by atoms with Crippen LogP contribution in [0.4, 0.5) is 0 Å². The van der Waals surface area contributed by atoms with Crippen LogP contribution in [0.15, 0.2) is 28.8 Å². The van der Waals surface area contributed by atoms with Gasteiger partial charge in [-0.2, -0.15) is 0 Å². The van der Waals surface area contributed by atoms with Crippen molar-refractivity contribution < 1.29 is 19.2 Å². The summed E-state index contributed by atoms with van der Waals surface area (Å²) < 4.78 is 5.25. The first-order valence-corrected chi connectivity index (χ1v) is 7.73. The van der Waals surface area contributed by atoms with Gasteiger partial charge in [0.25, 0.3) is 5.91 Å². The van der Waals surface area contributed by atoms with Crippen LogP contribution in [0, 0.1) is 0 Å². The molecule has 1 aliphatic carbocycles. The average Bonchev–Trinajstić information content (AvgIpc) is 3.30. The van der Waals surface area contributed by atoms with E-state index < -0.39 is 5.97 Å². The lowest BCUT2D eigenvalue weighted by atomic mass is 9.97. The number of carboxylic acids is 1. The fourth-order valence-electron chi connectivity index (χ4n) is 2.98. The van der Waals surface area contributed by atoms with Gasteiger partial charge in [-0.1, -0.05) is 11.2 Å². The van der Waals surface area contributed by atoms with E-state index in [2.05, 4.69) is 5.16 Å². The number of aromatic nitrogens is 1. The van der Waals surface area contributed by atoms with Crippen molar-refractivity contribution in [1.29, 1.82) is 0 Å². The van der Waals surface area contributed by atoms with Crippen molar-refractivity contribution >= 4 is 11.9 Å². The van der Waals surface area contributed by atoms with Crippen LogP contribution >= 0.6 is 0 Å². The summed E-state index contributed by atoms with van der Waals surface area (Å²) in [5.74, 6) is 0.0945. The molecule has 118 valence electrons. The molecule has 2 aromatic rings. The van der Waals surface area contributed by atoms with Gasteiger partial charge in [0.15, 0.2) is 5.69 Å². The molecule has 1 aromatic carbocycles. The van der Waals surface area contributed by atoms with Gasteiger partial charge in [-0.15, -0.1) is 0 Å². The van der Waals surface area contributed by atoms with Gasteiger partial charge >= 0.3 is 5.97 Å². The Labute approximate surface area is 132 Å². The maximum absolute atomic E-state index is 12.6. The number of amides is 1. The molecule has 0 bridgehead atoms. The van der Waals surface area contributed by atoms with Gasteiger partial charge in [-0.05, 0) is 42.5 Å². The first-order chi connectivity index (χ1) is 11.1. The summed E-state index contributed by atoms with van der Waals surface area (Å²) in [6, 6.07) is 6.83. The van der Waals surface area contributed by atoms with Crippen molar-refractivity contribution in [3.8, 4) is 0 Å². The lowest BCUT2D eigenvalue weighted by Gasteiger charge is -2.28. The molecule has 1 amide bonds. The summed E-state index contributed by atoms with van der Waals surface area (Å²) in [5, 5.41) is 13.0. The third-order valence-electron chi connectivity index (χ3n) is 4.48. The second-order valence-electron chi connectivity index (χ2n) is 6.15. The van der Waals surface area contributed by atoms with E-state index >= 15 is 0 Å². The molecule has 2 aliphatic rings. The van der Waals surface area contributed by atoms with E-state index in [0.717, 1.165) is 29.7 Å². The highest BCUT2D eigenvalue weighted by Gasteiger charge is 2.30. The summed E-state index contributed by atoms with van der Waals surface area (Å²) in [4.78, 5) is 25.4. The number of hydrogen-bond acceptors (Lipinski definition) is 4. The fraction of sp³-hybridized carbons (Fsp3) is 0.353. The first-order valence-electron chi connectivity index (χ1n) is 7.73. The molecule has 4 rings (SSSR count). The second-order valence-corrected chi connectivity index (χ2v) is 6.15. The minimum Gasteiger partial charge on any atom is -0.478 e. The lowest BCUT2D eigenvalue weighted by Crippen LogP contribution is -2.36. The van der Waals surface area contributed by atoms with Crippen molar-refractivity contribution in [3.63, 3.8) is 0 Å². The highest BCUT2D eigenvalue weighted by Crippen LogP contribution is 2.40. The summed E-state index contributed by atoms with van der Waals surface area (Å²) in [7, 11) is 0. The van der Waals surface area contributed by atoms with E-state index in [1.807, 2.05) is 6.07 Å². The zero-order chi connectivity index (χ0) is 16.0. The van der Waals surface area contributed by atoms with Gasteiger partial charge in [0.05, 0.1) is 5.56 Å². The summed E-state index contributed by atoms with van der Waals surface area (Å²) >= 11 is 0. The molecule has 0 radical (unpaired) electrons. The normalized spacial score (nSPS) is 17.0. The highest BCUT2D eigenvalue weighted by molar-refractivity contribution is 5.92. The van der Waals surface area contributed by atoms with E-state index in [-0.39, 0.29) is 11.5 Å². The zero-order valence-electron chi connectivity index (χ0n) is 12.5. The molecular weight excluding hydrogens is 296 g/mol. The van der Waals surface area contributed by atoms with E-state index in [1.54, 1.807) is 23.1 Å². The monoisotopic (exact) mass is 312 g/mol. The second kappa shape index (κ2) is 5.22. The molecule has 1 saturated carbocycles. The molecule has 0 saturated heterocycles. The van der Waals surface area contributed by atoms with Crippen molar-refractivity contribution in [3.05, 3.63) is 52.4 Å². The number of hydrogen-bond donors (Lipinski definition) is 1. The van der Waals surface area contributed by atoms with Gasteiger partial charge in [-0.3, -0.25) is 4.79 Å². The minimum absolute atomic E-state index is 0.160. The molecular formula is C17H16N2O4. The van der Waals surface area contributed by atoms with Crippen LogP contribution in [0.2, 0.25) is 0 Å². The first kappa shape index (κ1) is 14.0. The smallest absolute Gasteiger partial charge is 0.335 e. The van der Waals surface area contributed by atoms with Crippen molar-refractivity contribution in [1.82, 2.24) is 10.1 Å². The third kappa shape index (κ3) is 2.60. The van der Waals surface area contributed by atoms with E-state index in [4.69, 9.17) is 9.63 Å². The van der Waals surface area contributed by atoms with E-state index in [1.165, 1.54) is 0 Å². The maximum Gasteiger partial charge on any atom is 0.335 e. The molecule has 23 heavy (non-hydrogen) atoms. The molecule has 0 spiro atoms. The maximum atomic E-state index is 12.6. The van der Waals surface area contributed by atoms with Crippen LogP contribution in [-0.2, 0) is 13.0 Å². The van der Waals surface area contributed by atoms with Crippen LogP contribution in [-0.4, -0.2) is 33.6 Å². The number of nitrogens with zero attached hydrogens (tertiary/aromatic N) is 2. The van der Waals surface area contributed by atoms with E-state index in [0.29, 0.717) is 31.1 Å². The Balaban J connectivity index is 1.55. The van der Waals surface area contributed by atoms with Crippen molar-refractivity contribution in [2.24, 2.45) is 0 Å². The number of aromatic carboxylic acids is 1. The van der Waals surface area contributed by atoms with Gasteiger partial charge in [0, 0.05) is 25.1 Å². The molecule has 0 unspecified atom stereocenters. The lowest BCUT2D eigenvalue weighted by molar-refractivity contribution is 0.0696. The molecule has 1 N–H and O–H groups in total. The fourth-order valence-corrected chi connectivity index (χ4v) is 2.98. The van der Waals surface area contributed by atoms with Crippen molar-refractivity contribution in [2.75, 3.05) is 6.54 Å². The Morgan fingerprint density at radius 1 is 1.22 bits per heavy atom. The SMILES string of the molecule is O=C(O)c1ccc2c(c1)CN(C(=O)c1cc(C3CC3)on1)CC2. The van der Waals surface area contributed by atoms with Crippen LogP contribution < -0.4 is 0 Å². The van der Waals surface area contributed by atoms with Crippen LogP contribution in [0.1, 0.15) is 56.5 Å². The third-order valence-corrected chi connectivity index (χ3v) is 4.48. The number of carboxylic acid groups (broad SMARTS) is 1. The van der Waals surface area contributed by atoms with Crippen LogP contribution in [0.3, 0.4) is 0 Å². The standard InChI is InChI=1S/C17H16N2O4/c20-16(14-8-15(23-18-14)11-2-3-11)19-6-5-10-1-4-12(17(21)22)7-13(10)9-19/h1,4,7-8,11H,2-3,5-6,9H2,(H,21,22). The highest BCUT2D eigenvalue weighted by atomic mass is 16.5. The number of carbonyl (C=O) groups excluding carboxylic acids is 1. The van der Waals surface area contributed by atoms with Gasteiger partial charge in [0.2, 0.25) is 0 Å². The zero-order valence-corrected chi connectivity index (χ0v) is 12.5. The number of rotatable bonds is 3. The van der Waals surface area contributed by atoms with Crippen LogP contribution in [0.25, 0.3) is 0 Å². The largest absolute Gasteiger partial charge is 0.478 e. The van der Waals surface area contributed by atoms with Gasteiger partial charge < -0.3 is 14.5 Å². The molecule has 0 atom stereocenters. The molecule has 1 fully saturated rings. The number of carbonyl (C=O) groups is 2. The molecule has 1 aliphatic heterocycles. The van der Waals surface area contributed by atoms with Gasteiger partial charge in [-0.25, -0.2) is 4.79 Å². The molecule has 6 heteroatoms. The van der Waals surface area contributed by atoms with E-state index in [9.17, 15) is 9.59 Å². The molecule has 6 nitrogen and oxygen atoms in total. The van der Waals surface area contributed by atoms with Crippen LogP contribution in [0.5, 0.6) is 0 Å². The Hall–Kier alpha value is -2.63. The predicted molar refractivity (Wildman–Crippen MR) is 80.3 cm³/mol. The summed E-state index contributed by atoms with van der Waals surface area (Å²) in [6.07, 6.45) is 2.91. The Morgan fingerprint density at radius 3 is 2.78 bits per heavy atom. The Morgan fingerprint density at radius 2 is 2.04 bits per heavy atom. The summed E-state index contributed by atoms with van der Waals surface area (Å²) in [5.41, 5.74) is 2.56. The topological polar surface area (TPSA) is 83.6 Å². The molecule has 1 aromatic heterocycles. The Bertz CT molecular complexity index is 792. The molecule has 2 heterocycles. The predicted octanol–water partition coefficient (Wildman–Crippen LogP) is 2.45. The van der Waals surface area contributed by atoms with Gasteiger partial charge in [0.1, 0.15) is 5.76 Å². The minimum atomic E-state index is -0.957.